The molecule has 0 atom stereocenters. The normalized spacial score (nSPS) is 10.4. The summed E-state index contributed by atoms with van der Waals surface area (Å²) in [6, 6.07) is 5.28. The van der Waals surface area contributed by atoms with Crippen molar-refractivity contribution in [1.82, 2.24) is 15.3 Å². The van der Waals surface area contributed by atoms with E-state index in [1.807, 2.05) is 6.07 Å². The number of aromatic nitrogens is 2. The average Bonchev–Trinajstić information content (AvgIpc) is 2.88. The largest absolute Gasteiger partial charge is 0.349 e. The van der Waals surface area contributed by atoms with E-state index in [4.69, 9.17) is 23.2 Å². The minimum Gasteiger partial charge on any atom is -0.349 e. The van der Waals surface area contributed by atoms with Gasteiger partial charge in [-0.25, -0.2) is 4.98 Å². The number of halogens is 2. The number of imidazole rings is 1. The number of carbonyl (C=O) groups excluding carboxylic acids is 1. The van der Waals surface area contributed by atoms with Gasteiger partial charge in [0.15, 0.2) is 0 Å². The Morgan fingerprint density at radius 2 is 2.21 bits per heavy atom. The standard InChI is InChI=1S/C13H13Cl2N3O/c14-10-3-1-9(11(15)7-10)2-4-13(19)18-8-12-16-5-6-17-12/h1,3,5-7H,2,4,8H2,(H,16,17)(H,18,19). The Kier molecular flexibility index (Phi) is 4.82. The number of H-pyrrole nitrogens is 1. The monoisotopic (exact) mass is 297 g/mol. The molecule has 0 aliphatic heterocycles. The topological polar surface area (TPSA) is 57.8 Å². The van der Waals surface area contributed by atoms with Crippen LogP contribution < -0.4 is 5.32 Å². The van der Waals surface area contributed by atoms with E-state index >= 15 is 0 Å². The molecule has 0 bridgehead atoms. The lowest BCUT2D eigenvalue weighted by Gasteiger charge is -2.05. The van der Waals surface area contributed by atoms with Gasteiger partial charge in [0.2, 0.25) is 5.91 Å². The molecule has 100 valence electrons. The van der Waals surface area contributed by atoms with E-state index in [1.165, 1.54) is 0 Å². The lowest BCUT2D eigenvalue weighted by Crippen LogP contribution is -2.23. The van der Waals surface area contributed by atoms with Crippen LogP contribution >= 0.6 is 23.2 Å². The molecule has 1 aromatic carbocycles. The molecule has 1 amide bonds. The molecule has 0 radical (unpaired) electrons. The van der Waals surface area contributed by atoms with Crippen molar-refractivity contribution in [3.63, 3.8) is 0 Å². The number of nitrogens with one attached hydrogen (secondary N) is 2. The zero-order valence-corrected chi connectivity index (χ0v) is 11.6. The fourth-order valence-electron chi connectivity index (χ4n) is 1.64. The Bertz CT molecular complexity index is 555. The van der Waals surface area contributed by atoms with E-state index in [0.29, 0.717) is 29.4 Å². The number of rotatable bonds is 5. The summed E-state index contributed by atoms with van der Waals surface area (Å²) in [4.78, 5) is 18.6. The molecule has 0 aliphatic carbocycles. The molecule has 19 heavy (non-hydrogen) atoms. The number of carbonyl (C=O) groups is 1. The first-order valence-corrected chi connectivity index (χ1v) is 6.59. The molecule has 2 rings (SSSR count). The van der Waals surface area contributed by atoms with Crippen LogP contribution in [0.4, 0.5) is 0 Å². The van der Waals surface area contributed by atoms with E-state index in [-0.39, 0.29) is 5.91 Å². The van der Waals surface area contributed by atoms with Gasteiger partial charge in [0.25, 0.3) is 0 Å². The molecule has 2 N–H and O–H groups in total. The molecule has 1 aromatic heterocycles. The van der Waals surface area contributed by atoms with Crippen LogP contribution in [0.1, 0.15) is 17.8 Å². The molecular formula is C13H13Cl2N3O. The second kappa shape index (κ2) is 6.59. The number of hydrogen-bond acceptors (Lipinski definition) is 2. The first-order valence-electron chi connectivity index (χ1n) is 5.84. The molecule has 0 aliphatic rings. The van der Waals surface area contributed by atoms with Crippen molar-refractivity contribution in [2.24, 2.45) is 0 Å². The fraction of sp³-hybridized carbons (Fsp3) is 0.231. The van der Waals surface area contributed by atoms with Gasteiger partial charge in [0.1, 0.15) is 5.82 Å². The molecule has 1 heterocycles. The molecule has 0 fully saturated rings. The number of nitrogens with zero attached hydrogens (tertiary/aromatic N) is 1. The summed E-state index contributed by atoms with van der Waals surface area (Å²) in [5, 5.41) is 3.97. The first kappa shape index (κ1) is 13.9. The maximum Gasteiger partial charge on any atom is 0.220 e. The van der Waals surface area contributed by atoms with Gasteiger partial charge >= 0.3 is 0 Å². The zero-order valence-electron chi connectivity index (χ0n) is 10.1. The zero-order chi connectivity index (χ0) is 13.7. The van der Waals surface area contributed by atoms with Crippen LogP contribution in [0.3, 0.4) is 0 Å². The average molecular weight is 298 g/mol. The quantitative estimate of drug-likeness (QED) is 0.891. The molecular weight excluding hydrogens is 285 g/mol. The highest BCUT2D eigenvalue weighted by Crippen LogP contribution is 2.21. The summed E-state index contributed by atoms with van der Waals surface area (Å²) in [5.41, 5.74) is 0.916. The Hall–Kier alpha value is -1.52. The SMILES string of the molecule is O=C(CCc1ccc(Cl)cc1Cl)NCc1ncc[nH]1. The van der Waals surface area contributed by atoms with Crippen LogP contribution in [0.5, 0.6) is 0 Å². The van der Waals surface area contributed by atoms with Crippen molar-refractivity contribution in [1.29, 1.82) is 0 Å². The molecule has 0 unspecified atom stereocenters. The third-order valence-electron chi connectivity index (χ3n) is 2.64. The van der Waals surface area contributed by atoms with Crippen molar-refractivity contribution in [2.45, 2.75) is 19.4 Å². The third kappa shape index (κ3) is 4.26. The molecule has 6 heteroatoms. The van der Waals surface area contributed by atoms with Crippen molar-refractivity contribution < 1.29 is 4.79 Å². The summed E-state index contributed by atoms with van der Waals surface area (Å²) < 4.78 is 0. The maximum absolute atomic E-state index is 11.7. The van der Waals surface area contributed by atoms with Gasteiger partial charge < -0.3 is 10.3 Å². The van der Waals surface area contributed by atoms with Crippen LogP contribution in [-0.4, -0.2) is 15.9 Å². The van der Waals surface area contributed by atoms with Gasteiger partial charge in [-0.3, -0.25) is 4.79 Å². The lowest BCUT2D eigenvalue weighted by molar-refractivity contribution is -0.121. The first-order chi connectivity index (χ1) is 9.15. The van der Waals surface area contributed by atoms with Crippen LogP contribution in [0.2, 0.25) is 10.0 Å². The minimum atomic E-state index is -0.0394. The van der Waals surface area contributed by atoms with Crippen molar-refractivity contribution in [2.75, 3.05) is 0 Å². The summed E-state index contributed by atoms with van der Waals surface area (Å²) >= 11 is 11.9. The third-order valence-corrected chi connectivity index (χ3v) is 3.23. The lowest BCUT2D eigenvalue weighted by atomic mass is 10.1. The highest BCUT2D eigenvalue weighted by Gasteiger charge is 2.06. The second-order valence-corrected chi connectivity index (χ2v) is 4.89. The molecule has 0 saturated carbocycles. The predicted molar refractivity (Wildman–Crippen MR) is 75.2 cm³/mol. The summed E-state index contributed by atoms with van der Waals surface area (Å²) in [5.74, 6) is 0.695. The molecule has 0 saturated heterocycles. The van der Waals surface area contributed by atoms with E-state index in [2.05, 4.69) is 15.3 Å². The van der Waals surface area contributed by atoms with E-state index in [1.54, 1.807) is 24.5 Å². The summed E-state index contributed by atoms with van der Waals surface area (Å²) in [6.07, 6.45) is 4.33. The predicted octanol–water partition coefficient (Wildman–Crippen LogP) is 2.97. The summed E-state index contributed by atoms with van der Waals surface area (Å²) in [6.45, 7) is 0.403. The van der Waals surface area contributed by atoms with Crippen LogP contribution in [0, 0.1) is 0 Å². The van der Waals surface area contributed by atoms with Crippen LogP contribution in [-0.2, 0) is 17.8 Å². The smallest absolute Gasteiger partial charge is 0.220 e. The van der Waals surface area contributed by atoms with Gasteiger partial charge in [-0.2, -0.15) is 0 Å². The Morgan fingerprint density at radius 3 is 2.89 bits per heavy atom. The van der Waals surface area contributed by atoms with Gasteiger partial charge in [0.05, 0.1) is 6.54 Å². The maximum atomic E-state index is 11.7. The van der Waals surface area contributed by atoms with E-state index in [9.17, 15) is 4.79 Å². The Balaban J connectivity index is 1.80. The molecule has 4 nitrogen and oxygen atoms in total. The Morgan fingerprint density at radius 1 is 1.37 bits per heavy atom. The van der Waals surface area contributed by atoms with E-state index in [0.717, 1.165) is 11.4 Å². The van der Waals surface area contributed by atoms with Crippen molar-refractivity contribution >= 4 is 29.1 Å². The van der Waals surface area contributed by atoms with Crippen LogP contribution in [0.25, 0.3) is 0 Å². The number of aromatic amines is 1. The minimum absolute atomic E-state index is 0.0394. The highest BCUT2D eigenvalue weighted by molar-refractivity contribution is 6.35. The number of aryl methyl sites for hydroxylation is 1. The number of benzene rings is 1. The molecule has 2 aromatic rings. The second-order valence-electron chi connectivity index (χ2n) is 4.05. The van der Waals surface area contributed by atoms with Crippen molar-refractivity contribution in [3.8, 4) is 0 Å². The van der Waals surface area contributed by atoms with Crippen LogP contribution in [0.15, 0.2) is 30.6 Å². The summed E-state index contributed by atoms with van der Waals surface area (Å²) in [7, 11) is 0. The number of hydrogen-bond donors (Lipinski definition) is 2. The van der Waals surface area contributed by atoms with E-state index < -0.39 is 0 Å². The highest BCUT2D eigenvalue weighted by atomic mass is 35.5. The van der Waals surface area contributed by atoms with Crippen molar-refractivity contribution in [3.05, 3.63) is 52.0 Å². The van der Waals surface area contributed by atoms with Gasteiger partial charge in [0, 0.05) is 28.9 Å². The van der Waals surface area contributed by atoms with Gasteiger partial charge in [-0.15, -0.1) is 0 Å². The van der Waals surface area contributed by atoms with Gasteiger partial charge in [-0.1, -0.05) is 29.3 Å². The van der Waals surface area contributed by atoms with Gasteiger partial charge in [-0.05, 0) is 24.1 Å². The fourth-order valence-corrected chi connectivity index (χ4v) is 2.14. The Labute approximate surface area is 121 Å². The molecule has 0 spiro atoms. The number of amides is 1.